The van der Waals surface area contributed by atoms with E-state index in [-0.39, 0.29) is 24.2 Å². The summed E-state index contributed by atoms with van der Waals surface area (Å²) in [6.45, 7) is 7.03. The maximum atomic E-state index is 14.8. The number of aldehydes is 1. The second-order valence-corrected chi connectivity index (χ2v) is 13.6. The molecule has 0 aromatic heterocycles. The first-order valence-corrected chi connectivity index (χ1v) is 15.5. The summed E-state index contributed by atoms with van der Waals surface area (Å²) in [7, 11) is 0. The highest BCUT2D eigenvalue weighted by molar-refractivity contribution is 6.31. The van der Waals surface area contributed by atoms with Crippen molar-refractivity contribution in [3.8, 4) is 5.75 Å². The van der Waals surface area contributed by atoms with Gasteiger partial charge in [-0.05, 0) is 92.9 Å². The predicted molar refractivity (Wildman–Crippen MR) is 168 cm³/mol. The number of amides is 2. The van der Waals surface area contributed by atoms with Crippen molar-refractivity contribution in [3.05, 3.63) is 92.7 Å². The van der Waals surface area contributed by atoms with Crippen LogP contribution in [-0.2, 0) is 19.8 Å². The lowest BCUT2D eigenvalue weighted by atomic mass is 9.59. The molecular formula is C34H34Cl2FN3O4. The van der Waals surface area contributed by atoms with E-state index in [0.717, 1.165) is 24.8 Å². The van der Waals surface area contributed by atoms with Gasteiger partial charge < -0.3 is 25.5 Å². The van der Waals surface area contributed by atoms with Gasteiger partial charge in [-0.15, -0.1) is 0 Å². The number of anilines is 1. The van der Waals surface area contributed by atoms with Gasteiger partial charge in [0.05, 0.1) is 11.5 Å². The third kappa shape index (κ3) is 5.07. The van der Waals surface area contributed by atoms with Crippen molar-refractivity contribution in [1.29, 1.82) is 0 Å². The molecule has 6 rings (SSSR count). The zero-order valence-electron chi connectivity index (χ0n) is 24.7. The van der Waals surface area contributed by atoms with E-state index >= 15 is 0 Å². The third-order valence-electron chi connectivity index (χ3n) is 9.47. The number of fused-ring (bicyclic) bond motifs is 2. The second kappa shape index (κ2) is 11.5. The Labute approximate surface area is 265 Å². The smallest absolute Gasteiger partial charge is 0.238 e. The van der Waals surface area contributed by atoms with E-state index in [4.69, 9.17) is 27.9 Å². The average Bonchev–Trinajstić information content (AvgIpc) is 3.61. The number of halogens is 3. The highest BCUT2D eigenvalue weighted by Gasteiger charge is 2.62. The Kier molecular flexibility index (Phi) is 7.97. The van der Waals surface area contributed by atoms with Gasteiger partial charge in [0.2, 0.25) is 11.8 Å². The number of piperidine rings is 1. The molecule has 0 saturated carbocycles. The van der Waals surface area contributed by atoms with Gasteiger partial charge >= 0.3 is 0 Å². The number of nitrogens with one attached hydrogen (secondary N) is 3. The first-order chi connectivity index (χ1) is 20.9. The van der Waals surface area contributed by atoms with Crippen molar-refractivity contribution in [2.45, 2.75) is 57.1 Å². The van der Waals surface area contributed by atoms with Crippen LogP contribution in [0.2, 0.25) is 10.0 Å². The van der Waals surface area contributed by atoms with Crippen LogP contribution >= 0.6 is 23.2 Å². The fraction of sp³-hybridized carbons (Fsp3) is 0.382. The molecule has 3 aliphatic heterocycles. The van der Waals surface area contributed by atoms with Crippen molar-refractivity contribution in [1.82, 2.24) is 10.6 Å². The van der Waals surface area contributed by atoms with Gasteiger partial charge in [-0.2, -0.15) is 0 Å². The molecule has 3 aliphatic rings. The Morgan fingerprint density at radius 1 is 1.05 bits per heavy atom. The number of rotatable bonds is 7. The van der Waals surface area contributed by atoms with Crippen LogP contribution in [0.5, 0.6) is 5.75 Å². The van der Waals surface area contributed by atoms with E-state index in [1.165, 1.54) is 12.1 Å². The molecule has 3 aromatic carbocycles. The minimum absolute atomic E-state index is 0.0580. The minimum atomic E-state index is -1.42. The summed E-state index contributed by atoms with van der Waals surface area (Å²) in [5, 5.41) is 10.2. The topological polar surface area (TPSA) is 96.5 Å². The molecule has 230 valence electrons. The minimum Gasteiger partial charge on any atom is -0.489 e. The van der Waals surface area contributed by atoms with Gasteiger partial charge in [0, 0.05) is 46.1 Å². The second-order valence-electron chi connectivity index (χ2n) is 12.7. The zero-order valence-corrected chi connectivity index (χ0v) is 26.2. The molecule has 7 nitrogen and oxygen atoms in total. The summed E-state index contributed by atoms with van der Waals surface area (Å²) in [4.78, 5) is 40.4. The molecule has 44 heavy (non-hydrogen) atoms. The van der Waals surface area contributed by atoms with E-state index in [0.29, 0.717) is 44.7 Å². The fourth-order valence-corrected chi connectivity index (χ4v) is 7.69. The number of ether oxygens (including phenoxy) is 1. The SMILES string of the molecule is Cc1ccc(F)cc1[C@@H]1NC(=O)C[C@H](c2cc(Cl)ccc2OC(C2CCNC2)C(C)(C)C=O)[C@@]12C(=O)Nc1cc(Cl)ccc12. The lowest BCUT2D eigenvalue weighted by Gasteiger charge is -2.47. The van der Waals surface area contributed by atoms with E-state index in [2.05, 4.69) is 16.0 Å². The van der Waals surface area contributed by atoms with Crippen LogP contribution in [-0.4, -0.2) is 37.3 Å². The molecule has 2 fully saturated rings. The monoisotopic (exact) mass is 637 g/mol. The fourth-order valence-electron chi connectivity index (χ4n) is 7.34. The molecule has 0 radical (unpaired) electrons. The van der Waals surface area contributed by atoms with E-state index in [1.54, 1.807) is 42.5 Å². The van der Waals surface area contributed by atoms with Gasteiger partial charge in [-0.25, -0.2) is 4.39 Å². The van der Waals surface area contributed by atoms with Crippen molar-refractivity contribution < 1.29 is 23.5 Å². The third-order valence-corrected chi connectivity index (χ3v) is 9.94. The van der Waals surface area contributed by atoms with Gasteiger partial charge in [0.25, 0.3) is 0 Å². The maximum Gasteiger partial charge on any atom is 0.238 e. The Morgan fingerprint density at radius 2 is 1.80 bits per heavy atom. The maximum absolute atomic E-state index is 14.8. The number of benzene rings is 3. The summed E-state index contributed by atoms with van der Waals surface area (Å²) in [6.07, 6.45) is 1.18. The van der Waals surface area contributed by atoms with Gasteiger partial charge in [0.15, 0.2) is 0 Å². The Bertz CT molecular complexity index is 1660. The molecule has 5 atom stereocenters. The molecule has 0 bridgehead atoms. The quantitative estimate of drug-likeness (QED) is 0.266. The van der Waals surface area contributed by atoms with Crippen LogP contribution in [0.25, 0.3) is 0 Å². The van der Waals surface area contributed by atoms with Gasteiger partial charge in [0.1, 0.15) is 29.4 Å². The summed E-state index contributed by atoms with van der Waals surface area (Å²) >= 11 is 13.0. The Morgan fingerprint density at radius 3 is 2.52 bits per heavy atom. The van der Waals surface area contributed by atoms with Crippen molar-refractivity contribution in [2.24, 2.45) is 11.3 Å². The molecule has 2 amide bonds. The first kappa shape index (κ1) is 30.6. The van der Waals surface area contributed by atoms with Gasteiger partial charge in [-0.1, -0.05) is 35.3 Å². The van der Waals surface area contributed by atoms with E-state index in [1.807, 2.05) is 20.8 Å². The van der Waals surface area contributed by atoms with Crippen molar-refractivity contribution in [2.75, 3.05) is 18.4 Å². The number of carbonyl (C=O) groups excluding carboxylic acids is 3. The van der Waals surface area contributed by atoms with Crippen LogP contribution in [0.4, 0.5) is 10.1 Å². The molecule has 10 heteroatoms. The average molecular weight is 639 g/mol. The normalized spacial score (nSPS) is 25.4. The molecule has 2 unspecified atom stereocenters. The lowest BCUT2D eigenvalue weighted by Crippen LogP contribution is -2.57. The number of hydrogen-bond donors (Lipinski definition) is 3. The lowest BCUT2D eigenvalue weighted by molar-refractivity contribution is -0.131. The van der Waals surface area contributed by atoms with E-state index < -0.39 is 34.7 Å². The van der Waals surface area contributed by atoms with Gasteiger partial charge in [-0.3, -0.25) is 9.59 Å². The summed E-state index contributed by atoms with van der Waals surface area (Å²) in [5.74, 6) is -1.43. The first-order valence-electron chi connectivity index (χ1n) is 14.8. The van der Waals surface area contributed by atoms with Crippen molar-refractivity contribution >= 4 is 47.0 Å². The summed E-state index contributed by atoms with van der Waals surface area (Å²) in [5.41, 5.74) is 0.663. The zero-order chi connectivity index (χ0) is 31.4. The highest BCUT2D eigenvalue weighted by Crippen LogP contribution is 2.59. The van der Waals surface area contributed by atoms with E-state index in [9.17, 15) is 18.8 Å². The summed E-state index contributed by atoms with van der Waals surface area (Å²) < 4.78 is 21.6. The van der Waals surface area contributed by atoms with Crippen LogP contribution in [0.1, 0.15) is 60.9 Å². The molecule has 1 spiro atoms. The number of hydrogen-bond acceptors (Lipinski definition) is 5. The molecule has 0 aliphatic carbocycles. The molecule has 3 N–H and O–H groups in total. The highest BCUT2D eigenvalue weighted by atomic mass is 35.5. The van der Waals surface area contributed by atoms with Crippen LogP contribution in [0.15, 0.2) is 54.6 Å². The van der Waals surface area contributed by atoms with Crippen molar-refractivity contribution in [3.63, 3.8) is 0 Å². The van der Waals surface area contributed by atoms with Crippen LogP contribution in [0.3, 0.4) is 0 Å². The number of aryl methyl sites for hydroxylation is 1. The Balaban J connectivity index is 1.59. The molecule has 3 heterocycles. The standard InChI is InChI=1S/C34H34Cl2FN3O4/c1-18-4-7-22(37)14-23(18)30-34(25-8-5-21(36)13-27(25)39-32(34)43)26(15-29(42)40-30)24-12-20(35)6-9-28(24)44-31(33(2,3)17-41)19-10-11-38-16-19/h4-9,12-14,17,19,26,30-31,38H,10-11,15-16H2,1-3H3,(H,39,43)(H,40,42)/t19?,26-,30+,31?,34-/m1/s1. The Hall–Kier alpha value is -3.46. The number of carbonyl (C=O) groups is 3. The summed E-state index contributed by atoms with van der Waals surface area (Å²) in [6, 6.07) is 13.8. The largest absolute Gasteiger partial charge is 0.489 e. The van der Waals surface area contributed by atoms with Crippen LogP contribution in [0, 0.1) is 24.1 Å². The molecule has 2 saturated heterocycles. The predicted octanol–water partition coefficient (Wildman–Crippen LogP) is 6.26. The van der Waals surface area contributed by atoms with Crippen LogP contribution < -0.4 is 20.7 Å². The molecular weight excluding hydrogens is 604 g/mol. The molecule has 3 aromatic rings.